The van der Waals surface area contributed by atoms with Crippen molar-refractivity contribution in [3.05, 3.63) is 42.0 Å². The molecule has 0 aromatic heterocycles. The molecule has 1 heterocycles. The zero-order valence-corrected chi connectivity index (χ0v) is 20.6. The minimum Gasteiger partial charge on any atom is -0.508 e. The maximum absolute atomic E-state index is 13.4. The largest absolute Gasteiger partial charge is 0.508 e. The van der Waals surface area contributed by atoms with E-state index in [4.69, 9.17) is 0 Å². The lowest BCUT2D eigenvalue weighted by Crippen LogP contribution is -2.32. The van der Waals surface area contributed by atoms with Crippen LogP contribution in [-0.4, -0.2) is 22.7 Å². The number of benzene rings is 2. The third-order valence-electron chi connectivity index (χ3n) is 6.77. The molecule has 2 unspecified atom stereocenters. The van der Waals surface area contributed by atoms with Crippen LogP contribution in [0.3, 0.4) is 0 Å². The minimum atomic E-state index is -0.163. The van der Waals surface area contributed by atoms with E-state index in [-0.39, 0.29) is 17.4 Å². The van der Waals surface area contributed by atoms with E-state index in [1.54, 1.807) is 41.3 Å². The van der Waals surface area contributed by atoms with Crippen LogP contribution < -0.4 is 10.2 Å². The highest BCUT2D eigenvalue weighted by atomic mass is 16.3. The monoisotopic (exact) mass is 452 g/mol. The molecule has 1 amide bonds. The summed E-state index contributed by atoms with van der Waals surface area (Å²) < 4.78 is 0. The Labute approximate surface area is 198 Å². The molecule has 2 atom stereocenters. The predicted molar refractivity (Wildman–Crippen MR) is 137 cm³/mol. The molecule has 0 aliphatic carbocycles. The smallest absolute Gasteiger partial charge is 0.260 e. The van der Waals surface area contributed by atoms with E-state index >= 15 is 0 Å². The molecule has 33 heavy (non-hydrogen) atoms. The summed E-state index contributed by atoms with van der Waals surface area (Å²) in [5.74, 6) is 2.05. The molecule has 5 heteroatoms. The van der Waals surface area contributed by atoms with Crippen molar-refractivity contribution in [1.29, 1.82) is 0 Å². The van der Waals surface area contributed by atoms with Crippen LogP contribution in [0.5, 0.6) is 11.5 Å². The summed E-state index contributed by atoms with van der Waals surface area (Å²) in [7, 11) is 0. The summed E-state index contributed by atoms with van der Waals surface area (Å²) in [4.78, 5) is 15.2. The van der Waals surface area contributed by atoms with Crippen LogP contribution in [0.4, 0.5) is 17.1 Å². The molecular formula is C28H40N2O3. The first-order valence-electron chi connectivity index (χ1n) is 12.5. The van der Waals surface area contributed by atoms with Crippen molar-refractivity contribution in [3.63, 3.8) is 0 Å². The number of phenols is 2. The normalized spacial score (nSPS) is 14.9. The summed E-state index contributed by atoms with van der Waals surface area (Å²) in [6.07, 6.45) is 8.47. The number of carbonyl (C=O) groups excluding carboxylic acids is 1. The number of anilines is 3. The van der Waals surface area contributed by atoms with Crippen LogP contribution in [-0.2, 0) is 0 Å². The van der Waals surface area contributed by atoms with Gasteiger partial charge in [-0.25, -0.2) is 0 Å². The molecule has 5 nitrogen and oxygen atoms in total. The number of nitrogens with one attached hydrogen (secondary N) is 1. The van der Waals surface area contributed by atoms with E-state index < -0.39 is 0 Å². The highest BCUT2D eigenvalue weighted by molar-refractivity contribution is 6.14. The van der Waals surface area contributed by atoms with Crippen molar-refractivity contribution in [3.8, 4) is 11.5 Å². The Morgan fingerprint density at radius 1 is 0.879 bits per heavy atom. The first kappa shape index (κ1) is 24.9. The molecule has 0 spiro atoms. The zero-order valence-electron chi connectivity index (χ0n) is 20.6. The van der Waals surface area contributed by atoms with Gasteiger partial charge in [-0.3, -0.25) is 4.79 Å². The molecule has 0 saturated carbocycles. The van der Waals surface area contributed by atoms with E-state index in [0.29, 0.717) is 35.1 Å². The first-order valence-corrected chi connectivity index (χ1v) is 12.5. The van der Waals surface area contributed by atoms with Gasteiger partial charge in [0.1, 0.15) is 11.5 Å². The molecule has 2 aromatic carbocycles. The van der Waals surface area contributed by atoms with Crippen LogP contribution in [0.15, 0.2) is 36.4 Å². The maximum Gasteiger partial charge on any atom is 0.260 e. The Morgan fingerprint density at radius 3 is 2.24 bits per heavy atom. The average Bonchev–Trinajstić information content (AvgIpc) is 2.87. The van der Waals surface area contributed by atoms with Gasteiger partial charge in [-0.15, -0.1) is 0 Å². The van der Waals surface area contributed by atoms with Crippen molar-refractivity contribution in [2.24, 2.45) is 17.8 Å². The molecule has 0 bridgehead atoms. The van der Waals surface area contributed by atoms with Gasteiger partial charge < -0.3 is 20.4 Å². The molecule has 1 aliphatic heterocycles. The number of amides is 1. The number of aromatic hydroxyl groups is 2. The SMILES string of the molecule is CC(C)CCCC(C)CCCC(C)CCN1C(=O)c2cccc(O)c2Nc2ccc(O)cc21. The molecule has 3 N–H and O–H groups in total. The molecule has 3 rings (SSSR count). The number of carbonyl (C=O) groups is 1. The Bertz CT molecular complexity index is 941. The summed E-state index contributed by atoms with van der Waals surface area (Å²) in [5.41, 5.74) is 2.19. The predicted octanol–water partition coefficient (Wildman–Crippen LogP) is 7.46. The highest BCUT2D eigenvalue weighted by Crippen LogP contribution is 2.41. The van der Waals surface area contributed by atoms with E-state index in [1.807, 2.05) is 0 Å². The Balaban J connectivity index is 1.61. The number of hydrogen-bond donors (Lipinski definition) is 3. The van der Waals surface area contributed by atoms with Crippen molar-refractivity contribution in [2.45, 2.75) is 72.6 Å². The molecule has 0 saturated heterocycles. The van der Waals surface area contributed by atoms with Crippen molar-refractivity contribution >= 4 is 23.0 Å². The van der Waals surface area contributed by atoms with Gasteiger partial charge >= 0.3 is 0 Å². The van der Waals surface area contributed by atoms with Crippen molar-refractivity contribution in [2.75, 3.05) is 16.8 Å². The third-order valence-corrected chi connectivity index (χ3v) is 6.77. The van der Waals surface area contributed by atoms with Gasteiger partial charge in [-0.05, 0) is 48.4 Å². The third kappa shape index (κ3) is 6.66. The molecule has 180 valence electrons. The summed E-state index contributed by atoms with van der Waals surface area (Å²) >= 11 is 0. The number of fused-ring (bicyclic) bond motifs is 2. The van der Waals surface area contributed by atoms with Crippen molar-refractivity contribution in [1.82, 2.24) is 0 Å². The Hall–Kier alpha value is -2.69. The lowest BCUT2D eigenvalue weighted by molar-refractivity contribution is 0.0986. The highest BCUT2D eigenvalue weighted by Gasteiger charge is 2.28. The van der Waals surface area contributed by atoms with Crippen LogP contribution in [0.1, 0.15) is 83.0 Å². The summed E-state index contributed by atoms with van der Waals surface area (Å²) in [6, 6.07) is 9.94. The summed E-state index contributed by atoms with van der Waals surface area (Å²) in [6.45, 7) is 9.77. The van der Waals surface area contributed by atoms with Gasteiger partial charge in [0.25, 0.3) is 5.91 Å². The molecule has 0 fully saturated rings. The van der Waals surface area contributed by atoms with Crippen LogP contribution in [0, 0.1) is 17.8 Å². The maximum atomic E-state index is 13.4. The average molecular weight is 453 g/mol. The number of nitrogens with zero attached hydrogens (tertiary/aromatic N) is 1. The van der Waals surface area contributed by atoms with E-state index in [0.717, 1.165) is 24.7 Å². The number of phenolic OH excluding ortho intramolecular Hbond substituents is 2. The van der Waals surface area contributed by atoms with E-state index in [9.17, 15) is 15.0 Å². The fourth-order valence-corrected chi connectivity index (χ4v) is 4.64. The van der Waals surface area contributed by atoms with Gasteiger partial charge in [0.15, 0.2) is 0 Å². The van der Waals surface area contributed by atoms with Gasteiger partial charge in [0, 0.05) is 12.6 Å². The number of hydrogen-bond acceptors (Lipinski definition) is 4. The summed E-state index contributed by atoms with van der Waals surface area (Å²) in [5, 5.41) is 23.6. The fraction of sp³-hybridized carbons (Fsp3) is 0.536. The number of para-hydroxylation sites is 1. The lowest BCUT2D eigenvalue weighted by Gasteiger charge is -2.25. The van der Waals surface area contributed by atoms with E-state index in [1.165, 1.54) is 32.1 Å². The molecule has 2 aromatic rings. The van der Waals surface area contributed by atoms with Crippen LogP contribution >= 0.6 is 0 Å². The topological polar surface area (TPSA) is 72.8 Å². The quantitative estimate of drug-likeness (QED) is 0.244. The molecule has 0 radical (unpaired) electrons. The van der Waals surface area contributed by atoms with Gasteiger partial charge in [-0.2, -0.15) is 0 Å². The standard InChI is InChI=1S/C28H40N2O3/c1-19(2)8-5-9-20(3)10-6-11-21(4)16-17-30-25-18-22(31)14-15-24(25)29-27-23(28(30)33)12-7-13-26(27)32/h7,12-15,18-21,29,31-32H,5-6,8-11,16-17H2,1-4H3. The van der Waals surface area contributed by atoms with Crippen LogP contribution in [0.25, 0.3) is 0 Å². The van der Waals surface area contributed by atoms with Gasteiger partial charge in [0.2, 0.25) is 0 Å². The second-order valence-electron chi connectivity index (χ2n) is 10.2. The van der Waals surface area contributed by atoms with Gasteiger partial charge in [-0.1, -0.05) is 72.3 Å². The first-order chi connectivity index (χ1) is 15.8. The number of rotatable bonds is 11. The van der Waals surface area contributed by atoms with Gasteiger partial charge in [0.05, 0.1) is 22.6 Å². The molecule has 1 aliphatic rings. The Morgan fingerprint density at radius 2 is 1.55 bits per heavy atom. The van der Waals surface area contributed by atoms with Crippen LogP contribution in [0.2, 0.25) is 0 Å². The second-order valence-corrected chi connectivity index (χ2v) is 10.2. The van der Waals surface area contributed by atoms with Crippen molar-refractivity contribution < 1.29 is 15.0 Å². The Kier molecular flexibility index (Phi) is 8.65. The fourth-order valence-electron chi connectivity index (χ4n) is 4.64. The lowest BCUT2D eigenvalue weighted by atomic mass is 9.92. The van der Waals surface area contributed by atoms with E-state index in [2.05, 4.69) is 33.0 Å². The second kappa shape index (κ2) is 11.4. The minimum absolute atomic E-state index is 0.0395. The molecular weight excluding hydrogens is 412 g/mol. The zero-order chi connectivity index (χ0) is 24.0.